The van der Waals surface area contributed by atoms with Crippen LogP contribution in [-0.4, -0.2) is 5.91 Å². The van der Waals surface area contributed by atoms with Gasteiger partial charge in [0.05, 0.1) is 12.0 Å². The minimum atomic E-state index is -0.589. The van der Waals surface area contributed by atoms with Crippen LogP contribution >= 0.6 is 0 Å². The van der Waals surface area contributed by atoms with Crippen LogP contribution in [0, 0.1) is 0 Å². The normalized spacial score (nSPS) is 18.4. The van der Waals surface area contributed by atoms with Gasteiger partial charge in [-0.15, -0.1) is 6.58 Å². The highest BCUT2D eigenvalue weighted by Gasteiger charge is 2.49. The number of anilines is 1. The molecule has 2 nitrogen and oxygen atoms in total. The third-order valence-electron chi connectivity index (χ3n) is 5.39. The molecule has 0 radical (unpaired) electrons. The van der Waals surface area contributed by atoms with Crippen molar-refractivity contribution in [3.63, 3.8) is 0 Å². The van der Waals surface area contributed by atoms with Crippen molar-refractivity contribution in [1.29, 1.82) is 0 Å². The monoisotopic (exact) mass is 353 g/mol. The number of carbonyl (C=O) groups excluding carboxylic acids is 1. The minimum Gasteiger partial charge on any atom is -0.307 e. The van der Waals surface area contributed by atoms with Gasteiger partial charge in [-0.2, -0.15) is 0 Å². The molecule has 0 unspecified atom stereocenters. The molecule has 0 aromatic heterocycles. The molecule has 1 amide bonds. The van der Waals surface area contributed by atoms with Gasteiger partial charge in [0.25, 0.3) is 0 Å². The van der Waals surface area contributed by atoms with E-state index in [1.54, 1.807) is 0 Å². The molecule has 0 fully saturated rings. The van der Waals surface area contributed by atoms with Crippen LogP contribution in [0.15, 0.2) is 97.6 Å². The van der Waals surface area contributed by atoms with E-state index in [-0.39, 0.29) is 5.91 Å². The highest BCUT2D eigenvalue weighted by atomic mass is 16.2. The van der Waals surface area contributed by atoms with Gasteiger partial charge in [-0.05, 0) is 35.6 Å². The summed E-state index contributed by atoms with van der Waals surface area (Å²) in [6.07, 6.45) is 3.19. The van der Waals surface area contributed by atoms with Crippen LogP contribution < -0.4 is 4.90 Å². The molecular formula is C25H23NO. The van der Waals surface area contributed by atoms with E-state index in [9.17, 15) is 4.79 Å². The fourth-order valence-corrected chi connectivity index (χ4v) is 4.15. The van der Waals surface area contributed by atoms with Crippen molar-refractivity contribution in [3.05, 3.63) is 114 Å². The predicted molar refractivity (Wildman–Crippen MR) is 111 cm³/mol. The summed E-state index contributed by atoms with van der Waals surface area (Å²) in [4.78, 5) is 15.7. The molecule has 0 saturated carbocycles. The van der Waals surface area contributed by atoms with Crippen LogP contribution in [0.3, 0.4) is 0 Å². The smallest absolute Gasteiger partial charge is 0.238 e. The topological polar surface area (TPSA) is 20.3 Å². The lowest BCUT2D eigenvalue weighted by Gasteiger charge is -2.28. The number of hydrogen-bond donors (Lipinski definition) is 0. The summed E-state index contributed by atoms with van der Waals surface area (Å²) in [6.45, 7) is 4.54. The number of amides is 1. The number of benzene rings is 3. The highest BCUT2D eigenvalue weighted by molar-refractivity contribution is 6.08. The SMILES string of the molecule is C=CC[C@]1(Cc2ccccc2)C(=O)N(Cc2ccccc2)c2ccccc21. The van der Waals surface area contributed by atoms with Crippen LogP contribution in [0.5, 0.6) is 0 Å². The molecular weight excluding hydrogens is 330 g/mol. The number of rotatable bonds is 6. The lowest BCUT2D eigenvalue weighted by atomic mass is 9.74. The highest BCUT2D eigenvalue weighted by Crippen LogP contribution is 2.46. The molecule has 0 bridgehead atoms. The molecule has 134 valence electrons. The minimum absolute atomic E-state index is 0.163. The van der Waals surface area contributed by atoms with Crippen LogP contribution in [0.1, 0.15) is 23.1 Å². The van der Waals surface area contributed by atoms with Crippen LogP contribution in [-0.2, 0) is 23.2 Å². The van der Waals surface area contributed by atoms with Gasteiger partial charge in [0.15, 0.2) is 0 Å². The Bertz CT molecular complexity index is 948. The Labute approximate surface area is 160 Å². The van der Waals surface area contributed by atoms with Crippen molar-refractivity contribution in [3.8, 4) is 0 Å². The molecule has 2 heteroatoms. The number of allylic oxidation sites excluding steroid dienone is 1. The first-order chi connectivity index (χ1) is 13.2. The van der Waals surface area contributed by atoms with Crippen LogP contribution in [0.2, 0.25) is 0 Å². The molecule has 0 spiro atoms. The summed E-state index contributed by atoms with van der Waals surface area (Å²) in [7, 11) is 0. The molecule has 0 N–H and O–H groups in total. The Kier molecular flexibility index (Phi) is 4.64. The van der Waals surface area contributed by atoms with Gasteiger partial charge in [-0.3, -0.25) is 4.79 Å². The number of carbonyl (C=O) groups is 1. The largest absolute Gasteiger partial charge is 0.307 e. The second kappa shape index (κ2) is 7.24. The average Bonchev–Trinajstić information content (AvgIpc) is 2.93. The van der Waals surface area contributed by atoms with Crippen molar-refractivity contribution < 1.29 is 4.79 Å². The van der Waals surface area contributed by atoms with Gasteiger partial charge in [-0.1, -0.05) is 84.9 Å². The average molecular weight is 353 g/mol. The number of nitrogens with zero attached hydrogens (tertiary/aromatic N) is 1. The lowest BCUT2D eigenvalue weighted by Crippen LogP contribution is -2.41. The first kappa shape index (κ1) is 17.3. The Morgan fingerprint density at radius 1 is 0.815 bits per heavy atom. The standard InChI is InChI=1S/C25H23NO/c1-2-17-25(18-20-11-5-3-6-12-20)22-15-9-10-16-23(22)26(24(25)27)19-21-13-7-4-8-14-21/h2-16H,1,17-19H2/t25-/m1/s1. The number of para-hydroxylation sites is 1. The van der Waals surface area contributed by atoms with Crippen molar-refractivity contribution in [1.82, 2.24) is 0 Å². The summed E-state index contributed by atoms with van der Waals surface area (Å²) in [6, 6.07) is 28.6. The molecule has 1 aliphatic heterocycles. The number of hydrogen-bond acceptors (Lipinski definition) is 1. The quantitative estimate of drug-likeness (QED) is 0.551. The molecule has 3 aromatic carbocycles. The van der Waals surface area contributed by atoms with E-state index in [1.165, 1.54) is 5.56 Å². The first-order valence-corrected chi connectivity index (χ1v) is 9.35. The molecule has 4 rings (SSSR count). The maximum absolute atomic E-state index is 13.8. The lowest BCUT2D eigenvalue weighted by molar-refractivity contribution is -0.123. The van der Waals surface area contributed by atoms with E-state index in [1.807, 2.05) is 59.5 Å². The van der Waals surface area contributed by atoms with E-state index in [0.29, 0.717) is 19.4 Å². The zero-order chi connectivity index (χ0) is 18.7. The maximum Gasteiger partial charge on any atom is 0.238 e. The second-order valence-corrected chi connectivity index (χ2v) is 7.13. The zero-order valence-corrected chi connectivity index (χ0v) is 15.3. The second-order valence-electron chi connectivity index (χ2n) is 7.13. The number of fused-ring (bicyclic) bond motifs is 1. The Morgan fingerprint density at radius 3 is 2.07 bits per heavy atom. The zero-order valence-electron chi connectivity index (χ0n) is 15.3. The molecule has 1 atom stereocenters. The van der Waals surface area contributed by atoms with E-state index in [4.69, 9.17) is 0 Å². The molecule has 27 heavy (non-hydrogen) atoms. The van der Waals surface area contributed by atoms with Crippen LogP contribution in [0.25, 0.3) is 0 Å². The van der Waals surface area contributed by atoms with E-state index in [0.717, 1.165) is 16.8 Å². The van der Waals surface area contributed by atoms with Crippen LogP contribution in [0.4, 0.5) is 5.69 Å². The van der Waals surface area contributed by atoms with Crippen molar-refractivity contribution in [2.45, 2.75) is 24.8 Å². The maximum atomic E-state index is 13.8. The predicted octanol–water partition coefficient (Wildman–Crippen LogP) is 5.29. The van der Waals surface area contributed by atoms with Gasteiger partial charge in [-0.25, -0.2) is 0 Å². The van der Waals surface area contributed by atoms with Gasteiger partial charge in [0.2, 0.25) is 5.91 Å². The summed E-state index contributed by atoms with van der Waals surface area (Å²) >= 11 is 0. The summed E-state index contributed by atoms with van der Waals surface area (Å²) < 4.78 is 0. The third kappa shape index (κ3) is 3.08. The van der Waals surface area contributed by atoms with E-state index in [2.05, 4.69) is 43.0 Å². The van der Waals surface area contributed by atoms with Gasteiger partial charge in [0, 0.05) is 5.69 Å². The van der Waals surface area contributed by atoms with E-state index < -0.39 is 5.41 Å². The van der Waals surface area contributed by atoms with Gasteiger partial charge in [0.1, 0.15) is 0 Å². The summed E-state index contributed by atoms with van der Waals surface area (Å²) in [5.41, 5.74) is 3.84. The Balaban J connectivity index is 1.79. The summed E-state index contributed by atoms with van der Waals surface area (Å²) in [5.74, 6) is 0.163. The fourth-order valence-electron chi connectivity index (χ4n) is 4.15. The van der Waals surface area contributed by atoms with Crippen molar-refractivity contribution in [2.24, 2.45) is 0 Å². The molecule has 0 saturated heterocycles. The molecule has 1 aliphatic rings. The molecule has 3 aromatic rings. The first-order valence-electron chi connectivity index (χ1n) is 9.35. The third-order valence-corrected chi connectivity index (χ3v) is 5.39. The van der Waals surface area contributed by atoms with Crippen molar-refractivity contribution >= 4 is 11.6 Å². The summed E-state index contributed by atoms with van der Waals surface area (Å²) in [5, 5.41) is 0. The van der Waals surface area contributed by atoms with E-state index >= 15 is 0 Å². The Morgan fingerprint density at radius 2 is 1.41 bits per heavy atom. The fraction of sp³-hybridized carbons (Fsp3) is 0.160. The Hall–Kier alpha value is -3.13. The van der Waals surface area contributed by atoms with Gasteiger partial charge < -0.3 is 4.90 Å². The molecule has 0 aliphatic carbocycles. The van der Waals surface area contributed by atoms with Gasteiger partial charge >= 0.3 is 0 Å². The van der Waals surface area contributed by atoms with Crippen molar-refractivity contribution in [2.75, 3.05) is 4.90 Å². The molecule has 1 heterocycles.